The Labute approximate surface area is 133 Å². The van der Waals surface area contributed by atoms with Gasteiger partial charge in [0.05, 0.1) is 17.7 Å². The molecule has 112 valence electrons. The second-order valence-corrected chi connectivity index (χ2v) is 6.86. The van der Waals surface area contributed by atoms with Gasteiger partial charge in [0.2, 0.25) is 0 Å². The van der Waals surface area contributed by atoms with Crippen LogP contribution in [0, 0.1) is 0 Å². The molecule has 2 rings (SSSR count). The third-order valence-electron chi connectivity index (χ3n) is 3.27. The minimum atomic E-state index is 0.525. The van der Waals surface area contributed by atoms with Gasteiger partial charge in [-0.2, -0.15) is 11.8 Å². The van der Waals surface area contributed by atoms with Gasteiger partial charge in [-0.15, -0.1) is 0 Å². The highest BCUT2D eigenvalue weighted by Gasteiger charge is 2.15. The molecule has 0 fully saturated rings. The van der Waals surface area contributed by atoms with Crippen LogP contribution >= 0.6 is 27.7 Å². The molecule has 0 spiro atoms. The van der Waals surface area contributed by atoms with Gasteiger partial charge in [-0.1, -0.05) is 0 Å². The van der Waals surface area contributed by atoms with Crippen molar-refractivity contribution < 1.29 is 9.47 Å². The number of hydrogen-bond donors (Lipinski definition) is 1. The van der Waals surface area contributed by atoms with E-state index < -0.39 is 0 Å². The normalized spacial score (nSPS) is 15.8. The molecular weight excluding hydrogens is 338 g/mol. The van der Waals surface area contributed by atoms with E-state index in [1.165, 1.54) is 17.7 Å². The number of ether oxygens (including phenoxy) is 2. The predicted molar refractivity (Wildman–Crippen MR) is 89.0 cm³/mol. The van der Waals surface area contributed by atoms with Crippen LogP contribution in [0.15, 0.2) is 16.6 Å². The molecule has 0 radical (unpaired) electrons. The van der Waals surface area contributed by atoms with E-state index in [2.05, 4.69) is 46.6 Å². The van der Waals surface area contributed by atoms with Gasteiger partial charge >= 0.3 is 0 Å². The highest BCUT2D eigenvalue weighted by molar-refractivity contribution is 9.10. The Morgan fingerprint density at radius 3 is 2.95 bits per heavy atom. The maximum Gasteiger partial charge on any atom is 0.175 e. The Bertz CT molecular complexity index is 442. The fourth-order valence-corrected chi connectivity index (χ4v) is 3.27. The number of rotatable bonds is 6. The zero-order valence-corrected chi connectivity index (χ0v) is 14.5. The van der Waals surface area contributed by atoms with Gasteiger partial charge in [-0.3, -0.25) is 0 Å². The first-order valence-corrected chi connectivity index (χ1v) is 9.19. The molecule has 1 unspecified atom stereocenters. The summed E-state index contributed by atoms with van der Waals surface area (Å²) >= 11 is 5.47. The van der Waals surface area contributed by atoms with Crippen molar-refractivity contribution in [3.05, 3.63) is 22.2 Å². The summed E-state index contributed by atoms with van der Waals surface area (Å²) in [5.74, 6) is 2.88. The number of nitrogens with one attached hydrogen (secondary N) is 1. The van der Waals surface area contributed by atoms with Crippen LogP contribution in [0.5, 0.6) is 11.5 Å². The van der Waals surface area contributed by atoms with E-state index in [1.54, 1.807) is 0 Å². The van der Waals surface area contributed by atoms with Crippen LogP contribution in [-0.4, -0.2) is 31.3 Å². The molecule has 1 aromatic carbocycles. The Kier molecular flexibility index (Phi) is 6.52. The average molecular weight is 360 g/mol. The van der Waals surface area contributed by atoms with Crippen LogP contribution in [0.1, 0.15) is 25.3 Å². The van der Waals surface area contributed by atoms with E-state index >= 15 is 0 Å². The average Bonchev–Trinajstić information content (AvgIpc) is 2.68. The summed E-state index contributed by atoms with van der Waals surface area (Å²) in [6, 6.07) is 4.72. The molecule has 1 atom stereocenters. The van der Waals surface area contributed by atoms with Crippen LogP contribution in [0.3, 0.4) is 0 Å². The second-order valence-electron chi connectivity index (χ2n) is 5.02. The molecule has 0 aliphatic carbocycles. The minimum absolute atomic E-state index is 0.525. The van der Waals surface area contributed by atoms with Crippen LogP contribution < -0.4 is 14.8 Å². The lowest BCUT2D eigenvalue weighted by Crippen LogP contribution is -2.26. The van der Waals surface area contributed by atoms with Crippen LogP contribution in [0.2, 0.25) is 0 Å². The Morgan fingerprint density at radius 2 is 2.15 bits per heavy atom. The van der Waals surface area contributed by atoms with Gasteiger partial charge in [-0.25, -0.2) is 0 Å². The first-order valence-electron chi connectivity index (χ1n) is 7.01. The van der Waals surface area contributed by atoms with Crippen LogP contribution in [-0.2, 0) is 6.54 Å². The molecule has 20 heavy (non-hydrogen) atoms. The van der Waals surface area contributed by atoms with Gasteiger partial charge in [-0.05, 0) is 59.0 Å². The van der Waals surface area contributed by atoms with Crippen molar-refractivity contribution in [1.82, 2.24) is 5.32 Å². The summed E-state index contributed by atoms with van der Waals surface area (Å²) < 4.78 is 12.5. The lowest BCUT2D eigenvalue weighted by Gasteiger charge is -2.15. The number of hydrogen-bond acceptors (Lipinski definition) is 4. The van der Waals surface area contributed by atoms with Crippen LogP contribution in [0.25, 0.3) is 0 Å². The molecule has 0 saturated heterocycles. The predicted octanol–water partition coefficient (Wildman–Crippen LogP) is 3.84. The zero-order valence-electron chi connectivity index (χ0n) is 12.1. The third-order valence-corrected chi connectivity index (χ3v) is 4.50. The summed E-state index contributed by atoms with van der Waals surface area (Å²) in [6.45, 7) is 4.52. The number of halogens is 1. The highest BCUT2D eigenvalue weighted by Crippen LogP contribution is 2.38. The Hall–Kier alpha value is -0.390. The molecule has 0 amide bonds. The number of fused-ring (bicyclic) bond motifs is 1. The fraction of sp³-hybridized carbons (Fsp3) is 0.600. The van der Waals surface area contributed by atoms with E-state index in [0.717, 1.165) is 42.2 Å². The zero-order chi connectivity index (χ0) is 14.4. The Morgan fingerprint density at radius 1 is 1.35 bits per heavy atom. The molecule has 1 N–H and O–H groups in total. The quantitative estimate of drug-likeness (QED) is 0.835. The van der Waals surface area contributed by atoms with Gasteiger partial charge in [0.15, 0.2) is 11.5 Å². The first kappa shape index (κ1) is 16.0. The standard InChI is InChI=1S/C15H22BrNO2S/c1-11(4-7-20-2)17-10-12-8-13(16)15-14(9-12)18-5-3-6-19-15/h8-9,11,17H,3-7,10H2,1-2H3. The molecule has 0 bridgehead atoms. The molecule has 1 heterocycles. The van der Waals surface area contributed by atoms with Gasteiger partial charge in [0.1, 0.15) is 0 Å². The molecule has 1 aliphatic rings. The topological polar surface area (TPSA) is 30.5 Å². The lowest BCUT2D eigenvalue weighted by molar-refractivity contribution is 0.296. The second kappa shape index (κ2) is 8.15. The van der Waals surface area contributed by atoms with Crippen molar-refractivity contribution in [2.24, 2.45) is 0 Å². The lowest BCUT2D eigenvalue weighted by atomic mass is 10.1. The third kappa shape index (κ3) is 4.57. The Balaban J connectivity index is 1.98. The maximum absolute atomic E-state index is 5.76. The largest absolute Gasteiger partial charge is 0.490 e. The smallest absolute Gasteiger partial charge is 0.175 e. The van der Waals surface area contributed by atoms with Gasteiger partial charge in [0.25, 0.3) is 0 Å². The summed E-state index contributed by atoms with van der Waals surface area (Å²) in [7, 11) is 0. The van der Waals surface area contributed by atoms with Crippen molar-refractivity contribution in [3.8, 4) is 11.5 Å². The minimum Gasteiger partial charge on any atom is -0.490 e. The monoisotopic (exact) mass is 359 g/mol. The van der Waals surface area contributed by atoms with Crippen molar-refractivity contribution in [2.75, 3.05) is 25.2 Å². The number of thioether (sulfide) groups is 1. The molecular formula is C15H22BrNO2S. The van der Waals surface area contributed by atoms with Gasteiger partial charge < -0.3 is 14.8 Å². The van der Waals surface area contributed by atoms with Crippen molar-refractivity contribution in [3.63, 3.8) is 0 Å². The first-order chi connectivity index (χ1) is 9.70. The summed E-state index contributed by atoms with van der Waals surface area (Å²) in [5, 5.41) is 3.55. The SMILES string of the molecule is CSCCC(C)NCc1cc(Br)c2c(c1)OCCCO2. The molecule has 0 aromatic heterocycles. The molecule has 3 nitrogen and oxygen atoms in total. The molecule has 1 aliphatic heterocycles. The van der Waals surface area contributed by atoms with E-state index in [4.69, 9.17) is 9.47 Å². The van der Waals surface area contributed by atoms with E-state index in [9.17, 15) is 0 Å². The summed E-state index contributed by atoms with van der Waals surface area (Å²) in [5.41, 5.74) is 1.22. The van der Waals surface area contributed by atoms with E-state index in [0.29, 0.717) is 6.04 Å². The van der Waals surface area contributed by atoms with Crippen molar-refractivity contribution >= 4 is 27.7 Å². The van der Waals surface area contributed by atoms with Crippen molar-refractivity contribution in [1.29, 1.82) is 0 Å². The summed E-state index contributed by atoms with van der Waals surface area (Å²) in [6.07, 6.45) is 4.26. The van der Waals surface area contributed by atoms with E-state index in [1.807, 2.05) is 11.8 Å². The van der Waals surface area contributed by atoms with E-state index in [-0.39, 0.29) is 0 Å². The van der Waals surface area contributed by atoms with Crippen LogP contribution in [0.4, 0.5) is 0 Å². The number of benzene rings is 1. The maximum atomic E-state index is 5.76. The summed E-state index contributed by atoms with van der Waals surface area (Å²) in [4.78, 5) is 0. The highest BCUT2D eigenvalue weighted by atomic mass is 79.9. The molecule has 1 aromatic rings. The molecule has 5 heteroatoms. The van der Waals surface area contributed by atoms with Crippen molar-refractivity contribution in [2.45, 2.75) is 32.4 Å². The molecule has 0 saturated carbocycles. The van der Waals surface area contributed by atoms with Gasteiger partial charge in [0, 0.05) is 19.0 Å². The fourth-order valence-electron chi connectivity index (χ4n) is 2.08.